The molecule has 0 unspecified atom stereocenters. The number of carboxylic acids is 1. The van der Waals surface area contributed by atoms with E-state index in [9.17, 15) is 40.7 Å². The standard InChI is InChI=1S/C29H37F3N6O4S.C2HF3O2/c1-28(2,3)42-27(41)36-22(8-7-13-34-26(40)29(30,31)32)25(39)33-14-15-38(6)19-10-12-21-24(17-19)43-23-16-18(37(4)5)9-11-20(23)35-21;3-2(4,5)1(6)7/h9-12,16-17,22H,7-8,13-15H2,1-6H3,(H2-,33,34,36,39,40,41);(H,6,7)/t22-;/m0./s1. The molecule has 276 valence electrons. The number of carboxylic acid groups (broad SMARTS) is 1. The monoisotopic (exact) mass is 736 g/mol. The maximum atomic E-state index is 12.9. The predicted octanol–water partition coefficient (Wildman–Crippen LogP) is 2.64. The second-order valence-electron chi connectivity index (χ2n) is 12.0. The lowest BCUT2D eigenvalue weighted by molar-refractivity contribution is -0.344. The van der Waals surface area contributed by atoms with Crippen LogP contribution in [-0.2, 0) is 19.1 Å². The maximum Gasteiger partial charge on any atom is 0.471 e. The number of hydrogen-bond acceptors (Lipinski definition) is 9. The van der Waals surface area contributed by atoms with Gasteiger partial charge in [-0.15, -0.1) is 11.3 Å². The number of ether oxygens (including phenoxy) is 1. The molecule has 0 saturated heterocycles. The number of alkyl carbamates (subject to hydrolysis) is 1. The normalized spacial score (nSPS) is 12.3. The van der Waals surface area contributed by atoms with Crippen LogP contribution in [0.1, 0.15) is 33.6 Å². The van der Waals surface area contributed by atoms with E-state index in [4.69, 9.17) is 19.6 Å². The van der Waals surface area contributed by atoms with Crippen LogP contribution in [0.3, 0.4) is 0 Å². The molecule has 1 aliphatic carbocycles. The number of halogens is 6. The fourth-order valence-corrected chi connectivity index (χ4v) is 5.08. The molecule has 3 N–H and O–H groups in total. The fraction of sp³-hybridized carbons (Fsp3) is 0.484. The average molecular weight is 737 g/mol. The number of nitrogens with one attached hydrogen (secondary N) is 3. The summed E-state index contributed by atoms with van der Waals surface area (Å²) < 4.78 is 77.1. The zero-order valence-corrected chi connectivity index (χ0v) is 28.9. The molecule has 19 heteroatoms. The zero-order valence-electron chi connectivity index (χ0n) is 28.0. The molecule has 2 aliphatic rings. The van der Waals surface area contributed by atoms with Crippen molar-refractivity contribution in [2.24, 2.45) is 0 Å². The van der Waals surface area contributed by atoms with E-state index < -0.39 is 47.9 Å². The summed E-state index contributed by atoms with van der Waals surface area (Å²) in [4.78, 5) is 52.9. The molecule has 0 saturated carbocycles. The van der Waals surface area contributed by atoms with Gasteiger partial charge >= 0.3 is 24.4 Å². The summed E-state index contributed by atoms with van der Waals surface area (Å²) in [7, 11) is 5.86. The molecule has 1 aliphatic heterocycles. The number of carbonyl (C=O) groups is 4. The number of aliphatic carboxylic acids is 1. The van der Waals surface area contributed by atoms with Crippen LogP contribution >= 0.6 is 11.3 Å². The van der Waals surface area contributed by atoms with Crippen LogP contribution in [-0.4, -0.2) is 93.6 Å². The molecule has 1 atom stereocenters. The maximum absolute atomic E-state index is 12.9. The molecule has 0 fully saturated rings. The van der Waals surface area contributed by atoms with Gasteiger partial charge in [-0.3, -0.25) is 9.59 Å². The van der Waals surface area contributed by atoms with Crippen molar-refractivity contribution in [1.29, 1.82) is 0 Å². The van der Waals surface area contributed by atoms with Crippen molar-refractivity contribution < 1.29 is 55.4 Å². The Hall–Kier alpha value is -4.68. The summed E-state index contributed by atoms with van der Waals surface area (Å²) >= 11 is 1.64. The van der Waals surface area contributed by atoms with Gasteiger partial charge in [-0.2, -0.15) is 26.3 Å². The quantitative estimate of drug-likeness (QED) is 0.124. The van der Waals surface area contributed by atoms with E-state index in [1.807, 2.05) is 61.0 Å². The van der Waals surface area contributed by atoms with Gasteiger partial charge in [-0.1, -0.05) is 0 Å². The van der Waals surface area contributed by atoms with Crippen molar-refractivity contribution in [3.05, 3.63) is 41.8 Å². The van der Waals surface area contributed by atoms with Crippen molar-refractivity contribution in [3.8, 4) is 10.6 Å². The van der Waals surface area contributed by atoms with E-state index in [0.717, 1.165) is 31.8 Å². The summed E-state index contributed by atoms with van der Waals surface area (Å²) in [5.74, 6) is -5.59. The molecule has 1 aromatic carbocycles. The molecule has 0 bridgehead atoms. The highest BCUT2D eigenvalue weighted by Crippen LogP contribution is 2.31. The van der Waals surface area contributed by atoms with Gasteiger partial charge in [0.05, 0.1) is 20.8 Å². The first-order valence-electron chi connectivity index (χ1n) is 14.9. The Morgan fingerprint density at radius 3 is 2.16 bits per heavy atom. The van der Waals surface area contributed by atoms with E-state index in [2.05, 4.69) is 16.7 Å². The van der Waals surface area contributed by atoms with Crippen LogP contribution in [0, 0.1) is 0 Å². The van der Waals surface area contributed by atoms with Crippen molar-refractivity contribution in [2.75, 3.05) is 45.7 Å². The van der Waals surface area contributed by atoms with Crippen molar-refractivity contribution >= 4 is 51.1 Å². The lowest BCUT2D eigenvalue weighted by atomic mass is 10.1. The van der Waals surface area contributed by atoms with E-state index in [1.54, 1.807) is 37.4 Å². The largest absolute Gasteiger partial charge is 0.542 e. The summed E-state index contributed by atoms with van der Waals surface area (Å²) in [5.41, 5.74) is 1.91. The number of hydrogen-bond donors (Lipinski definition) is 3. The number of fused-ring (bicyclic) bond motifs is 2. The number of amides is 3. The third kappa shape index (κ3) is 13.7. The topological polar surface area (TPSA) is 156 Å². The summed E-state index contributed by atoms with van der Waals surface area (Å²) in [6, 6.07) is 11.0. The number of nitrogens with zero attached hydrogens (tertiary/aromatic N) is 3. The number of alkyl halides is 6. The Balaban J connectivity index is 0.00000112. The van der Waals surface area contributed by atoms with Gasteiger partial charge in [0.25, 0.3) is 0 Å². The number of likely N-dealkylation sites (N-methyl/N-ethyl adjacent to an activating group) is 1. The molecular formula is C31H38F6N6O6S. The van der Waals surface area contributed by atoms with E-state index in [1.165, 1.54) is 0 Å². The van der Waals surface area contributed by atoms with Crippen LogP contribution in [0.25, 0.3) is 20.8 Å². The molecule has 1 aromatic rings. The molecule has 0 radical (unpaired) electrons. The second kappa shape index (κ2) is 17.3. The summed E-state index contributed by atoms with van der Waals surface area (Å²) in [6.07, 6.45) is -11.0. The highest BCUT2D eigenvalue weighted by molar-refractivity contribution is 7.21. The molecule has 3 rings (SSSR count). The molecule has 0 aromatic heterocycles. The van der Waals surface area contributed by atoms with Crippen molar-refractivity contribution in [1.82, 2.24) is 25.5 Å². The van der Waals surface area contributed by atoms with E-state index >= 15 is 0 Å². The van der Waals surface area contributed by atoms with Gasteiger partial charge in [-0.25, -0.2) is 14.4 Å². The lowest BCUT2D eigenvalue weighted by Gasteiger charge is -2.24. The highest BCUT2D eigenvalue weighted by Gasteiger charge is 2.38. The van der Waals surface area contributed by atoms with Gasteiger partial charge in [0.15, 0.2) is 0 Å². The minimum Gasteiger partial charge on any atom is -0.542 e. The third-order valence-corrected chi connectivity index (χ3v) is 7.60. The van der Waals surface area contributed by atoms with Gasteiger partial charge in [-0.05, 0) is 57.9 Å². The van der Waals surface area contributed by atoms with Crippen LogP contribution < -0.4 is 35.9 Å². The number of rotatable bonds is 10. The van der Waals surface area contributed by atoms with Crippen LogP contribution in [0.4, 0.5) is 36.8 Å². The fourth-order valence-electron chi connectivity index (χ4n) is 4.04. The van der Waals surface area contributed by atoms with Gasteiger partial charge in [0, 0.05) is 44.5 Å². The van der Waals surface area contributed by atoms with Gasteiger partial charge in [0.2, 0.25) is 11.3 Å². The number of anilines is 1. The molecule has 0 spiro atoms. The Kier molecular flexibility index (Phi) is 14.4. The lowest BCUT2D eigenvalue weighted by Crippen LogP contribution is -2.49. The number of carbonyl (C=O) groups excluding carboxylic acids is 4. The molecule has 50 heavy (non-hydrogen) atoms. The zero-order chi connectivity index (χ0) is 38.0. The smallest absolute Gasteiger partial charge is 0.471 e. The van der Waals surface area contributed by atoms with Gasteiger partial charge < -0.3 is 35.5 Å². The first kappa shape index (κ1) is 41.5. The minimum absolute atomic E-state index is 0.0123. The predicted molar refractivity (Wildman–Crippen MR) is 172 cm³/mol. The summed E-state index contributed by atoms with van der Waals surface area (Å²) in [5, 5.41) is 16.9. The first-order chi connectivity index (χ1) is 23.0. The van der Waals surface area contributed by atoms with E-state index in [0.29, 0.717) is 6.54 Å². The SMILES string of the molecule is CN(CCNC(=O)[C@H](CCCNC(=O)C(F)(F)F)NC(=O)OC(C)(C)C)c1ccc2nc3ccc(=[N+](C)C)cc-3sc2c1.O=C([O-])C(F)(F)F. The molecular weight excluding hydrogens is 698 g/mol. The summed E-state index contributed by atoms with van der Waals surface area (Å²) in [6.45, 7) is 5.35. The van der Waals surface area contributed by atoms with Crippen molar-refractivity contribution in [3.63, 3.8) is 0 Å². The third-order valence-electron chi connectivity index (χ3n) is 6.50. The Bertz CT molecular complexity index is 1700. The second-order valence-corrected chi connectivity index (χ2v) is 13.1. The number of benzene rings is 2. The van der Waals surface area contributed by atoms with Crippen LogP contribution in [0.5, 0.6) is 0 Å². The molecule has 1 heterocycles. The average Bonchev–Trinajstić information content (AvgIpc) is 2.99. The first-order valence-corrected chi connectivity index (χ1v) is 15.8. The van der Waals surface area contributed by atoms with Crippen LogP contribution in [0.2, 0.25) is 0 Å². The Labute approximate surface area is 287 Å². The number of aromatic nitrogens is 1. The minimum atomic E-state index is -5.19. The van der Waals surface area contributed by atoms with Crippen molar-refractivity contribution in [2.45, 2.75) is 57.6 Å². The Morgan fingerprint density at radius 2 is 1.60 bits per heavy atom. The highest BCUT2D eigenvalue weighted by atomic mass is 32.1. The van der Waals surface area contributed by atoms with Gasteiger partial charge in [0.1, 0.15) is 31.7 Å². The molecule has 3 amide bonds. The Morgan fingerprint density at radius 1 is 0.960 bits per heavy atom. The van der Waals surface area contributed by atoms with E-state index in [-0.39, 0.29) is 25.9 Å². The van der Waals surface area contributed by atoms with Crippen LogP contribution in [0.15, 0.2) is 36.4 Å². The molecule has 12 nitrogen and oxygen atoms in total.